The summed E-state index contributed by atoms with van der Waals surface area (Å²) in [7, 11) is 0. The smallest absolute Gasteiger partial charge is 0.135 e. The third-order valence-electron chi connectivity index (χ3n) is 2.67. The van der Waals surface area contributed by atoms with E-state index >= 15 is 0 Å². The second-order valence-electron chi connectivity index (χ2n) is 4.93. The molecule has 2 aliphatic heterocycles. The van der Waals surface area contributed by atoms with E-state index in [2.05, 4.69) is 27.7 Å². The van der Waals surface area contributed by atoms with Crippen LogP contribution in [-0.4, -0.2) is 27.2 Å². The Morgan fingerprint density at radius 1 is 1.13 bits per heavy atom. The maximum atomic E-state index is 5.48. The van der Waals surface area contributed by atoms with Gasteiger partial charge in [0.15, 0.2) is 0 Å². The standard InChI is InChI=1S/C11H20O2S2/c1-5-6-11(4,14-9(2)7-12-9)15-10(3)8-13-10/h5-8H2,1-4H3. The van der Waals surface area contributed by atoms with Gasteiger partial charge >= 0.3 is 0 Å². The largest absolute Gasteiger partial charge is 0.358 e. The van der Waals surface area contributed by atoms with Gasteiger partial charge in [-0.15, -0.1) is 23.5 Å². The maximum absolute atomic E-state index is 5.48. The van der Waals surface area contributed by atoms with E-state index in [1.807, 2.05) is 23.5 Å². The lowest BCUT2D eigenvalue weighted by Crippen LogP contribution is -2.24. The minimum atomic E-state index is 0.0716. The molecule has 88 valence electrons. The van der Waals surface area contributed by atoms with Crippen molar-refractivity contribution < 1.29 is 9.47 Å². The lowest BCUT2D eigenvalue weighted by molar-refractivity contribution is 0.397. The van der Waals surface area contributed by atoms with Gasteiger partial charge in [-0.05, 0) is 27.2 Å². The predicted molar refractivity (Wildman–Crippen MR) is 67.2 cm³/mol. The van der Waals surface area contributed by atoms with Crippen molar-refractivity contribution in [3.63, 3.8) is 0 Å². The molecule has 0 radical (unpaired) electrons. The first kappa shape index (κ1) is 12.1. The molecule has 0 saturated carbocycles. The second kappa shape index (κ2) is 3.83. The normalized spacial score (nSPS) is 42.4. The molecule has 2 saturated heterocycles. The number of thioether (sulfide) groups is 2. The van der Waals surface area contributed by atoms with Gasteiger partial charge in [-0.2, -0.15) is 0 Å². The lowest BCUT2D eigenvalue weighted by Gasteiger charge is -2.31. The Kier molecular flexibility index (Phi) is 3.08. The number of hydrogen-bond acceptors (Lipinski definition) is 4. The number of hydrogen-bond donors (Lipinski definition) is 0. The zero-order valence-electron chi connectivity index (χ0n) is 9.96. The fourth-order valence-corrected chi connectivity index (χ4v) is 5.83. The summed E-state index contributed by atoms with van der Waals surface area (Å²) in [6.07, 6.45) is 2.42. The van der Waals surface area contributed by atoms with E-state index in [0.29, 0.717) is 0 Å². The fourth-order valence-electron chi connectivity index (χ4n) is 1.81. The first-order chi connectivity index (χ1) is 6.89. The topological polar surface area (TPSA) is 25.1 Å². The van der Waals surface area contributed by atoms with Gasteiger partial charge < -0.3 is 9.47 Å². The molecule has 2 atom stereocenters. The summed E-state index contributed by atoms with van der Waals surface area (Å²) >= 11 is 3.93. The Hall–Kier alpha value is 0.620. The highest BCUT2D eigenvalue weighted by Gasteiger charge is 2.52. The van der Waals surface area contributed by atoms with Crippen LogP contribution in [0.25, 0.3) is 0 Å². The molecule has 2 heterocycles. The molecular weight excluding hydrogens is 228 g/mol. The highest BCUT2D eigenvalue weighted by atomic mass is 32.2. The molecule has 2 nitrogen and oxygen atoms in total. The summed E-state index contributed by atoms with van der Waals surface area (Å²) in [5.74, 6) is 0. The second-order valence-corrected chi connectivity index (χ2v) is 9.13. The van der Waals surface area contributed by atoms with Crippen molar-refractivity contribution in [3.05, 3.63) is 0 Å². The monoisotopic (exact) mass is 248 g/mol. The average molecular weight is 248 g/mol. The zero-order valence-corrected chi connectivity index (χ0v) is 11.6. The molecule has 0 aromatic rings. The Bertz CT molecular complexity index is 227. The molecule has 15 heavy (non-hydrogen) atoms. The third-order valence-corrected chi connectivity index (χ3v) is 5.78. The van der Waals surface area contributed by atoms with Crippen LogP contribution in [0.5, 0.6) is 0 Å². The van der Waals surface area contributed by atoms with E-state index in [9.17, 15) is 0 Å². The number of epoxide rings is 2. The summed E-state index contributed by atoms with van der Waals surface area (Å²) in [6, 6.07) is 0. The zero-order chi connectivity index (χ0) is 11.2. The van der Waals surface area contributed by atoms with Crippen molar-refractivity contribution in [2.45, 2.75) is 54.5 Å². The van der Waals surface area contributed by atoms with E-state index in [1.54, 1.807) is 0 Å². The molecule has 2 unspecified atom stereocenters. The van der Waals surface area contributed by atoms with E-state index in [4.69, 9.17) is 9.47 Å². The van der Waals surface area contributed by atoms with Crippen molar-refractivity contribution in [3.8, 4) is 0 Å². The quantitative estimate of drug-likeness (QED) is 0.531. The van der Waals surface area contributed by atoms with Gasteiger partial charge in [0.05, 0.1) is 17.3 Å². The number of rotatable bonds is 6. The molecule has 2 aliphatic rings. The van der Waals surface area contributed by atoms with Gasteiger partial charge in [0.25, 0.3) is 0 Å². The Labute approximate surface area is 101 Å². The molecule has 2 rings (SSSR count). The average Bonchev–Trinajstić information content (AvgIpc) is 2.94. The van der Waals surface area contributed by atoms with Crippen LogP contribution in [0.1, 0.15) is 40.5 Å². The van der Waals surface area contributed by atoms with Gasteiger partial charge in [-0.1, -0.05) is 13.3 Å². The number of ether oxygens (including phenoxy) is 2. The van der Waals surface area contributed by atoms with Crippen LogP contribution in [0, 0.1) is 0 Å². The molecule has 0 aromatic carbocycles. The highest BCUT2D eigenvalue weighted by Crippen LogP contribution is 2.58. The van der Waals surface area contributed by atoms with Gasteiger partial charge in [0, 0.05) is 0 Å². The molecular formula is C11H20O2S2. The minimum absolute atomic E-state index is 0.0716. The molecule has 0 aliphatic carbocycles. The van der Waals surface area contributed by atoms with Crippen LogP contribution in [0.3, 0.4) is 0 Å². The molecule has 0 amide bonds. The summed E-state index contributed by atoms with van der Waals surface area (Å²) in [5, 5.41) is 0. The van der Waals surface area contributed by atoms with E-state index in [-0.39, 0.29) is 13.9 Å². The summed E-state index contributed by atoms with van der Waals surface area (Å²) in [4.78, 5) is 0.143. The summed E-state index contributed by atoms with van der Waals surface area (Å²) in [6.45, 7) is 10.7. The van der Waals surface area contributed by atoms with Crippen molar-refractivity contribution in [1.29, 1.82) is 0 Å². The molecule has 4 heteroatoms. The van der Waals surface area contributed by atoms with Crippen LogP contribution in [0.2, 0.25) is 0 Å². The molecule has 0 N–H and O–H groups in total. The third kappa shape index (κ3) is 3.29. The lowest BCUT2D eigenvalue weighted by atomic mass is 10.3. The van der Waals surface area contributed by atoms with Crippen molar-refractivity contribution in [1.82, 2.24) is 0 Å². The highest BCUT2D eigenvalue weighted by molar-refractivity contribution is 8.19. The molecule has 0 bridgehead atoms. The van der Waals surface area contributed by atoms with Gasteiger partial charge in [-0.3, -0.25) is 0 Å². The summed E-state index contributed by atoms with van der Waals surface area (Å²) in [5.41, 5.74) is 0. The minimum Gasteiger partial charge on any atom is -0.358 e. The molecule has 0 spiro atoms. The van der Waals surface area contributed by atoms with Crippen molar-refractivity contribution >= 4 is 23.5 Å². The first-order valence-corrected chi connectivity index (χ1v) is 7.20. The Morgan fingerprint density at radius 2 is 1.53 bits per heavy atom. The van der Waals surface area contributed by atoms with Gasteiger partial charge in [0.1, 0.15) is 9.87 Å². The van der Waals surface area contributed by atoms with Gasteiger partial charge in [-0.25, -0.2) is 0 Å². The van der Waals surface area contributed by atoms with Crippen LogP contribution in [0.4, 0.5) is 0 Å². The van der Waals surface area contributed by atoms with Crippen molar-refractivity contribution in [2.75, 3.05) is 13.2 Å². The van der Waals surface area contributed by atoms with Gasteiger partial charge in [0.2, 0.25) is 0 Å². The summed E-state index contributed by atoms with van der Waals surface area (Å²) < 4.78 is 11.2. The first-order valence-electron chi connectivity index (χ1n) is 5.57. The molecule has 2 fully saturated rings. The van der Waals surface area contributed by atoms with Crippen LogP contribution >= 0.6 is 23.5 Å². The predicted octanol–water partition coefficient (Wildman–Crippen LogP) is 3.46. The van der Waals surface area contributed by atoms with Crippen LogP contribution in [0.15, 0.2) is 0 Å². The Morgan fingerprint density at radius 3 is 1.80 bits per heavy atom. The molecule has 0 aromatic heterocycles. The fraction of sp³-hybridized carbons (Fsp3) is 1.00. The SMILES string of the molecule is CCCC(C)(SC1(C)CO1)SC1(C)CO1. The van der Waals surface area contributed by atoms with Crippen molar-refractivity contribution in [2.24, 2.45) is 0 Å². The van der Waals surface area contributed by atoms with Crippen LogP contribution in [-0.2, 0) is 9.47 Å². The van der Waals surface area contributed by atoms with E-state index in [1.165, 1.54) is 12.8 Å². The maximum Gasteiger partial charge on any atom is 0.135 e. The Balaban J connectivity index is 1.95. The van der Waals surface area contributed by atoms with E-state index < -0.39 is 0 Å². The van der Waals surface area contributed by atoms with E-state index in [0.717, 1.165) is 13.2 Å². The van der Waals surface area contributed by atoms with Crippen LogP contribution < -0.4 is 0 Å².